The van der Waals surface area contributed by atoms with Gasteiger partial charge in [-0.05, 0) is 68.5 Å². The number of fused-ring (bicyclic) bond motifs is 1. The lowest BCUT2D eigenvalue weighted by molar-refractivity contribution is -0.376. The fourth-order valence-corrected chi connectivity index (χ4v) is 7.81. The van der Waals surface area contributed by atoms with Gasteiger partial charge in [-0.2, -0.15) is 26.3 Å². The molecule has 2 aliphatic heterocycles. The van der Waals surface area contributed by atoms with E-state index in [1.165, 1.54) is 0 Å². The molecule has 1 fully saturated rings. The summed E-state index contributed by atoms with van der Waals surface area (Å²) in [7, 11) is -4.59. The molecule has 2 aromatic carbocycles. The average Bonchev–Trinajstić information content (AvgIpc) is 3.41. The van der Waals surface area contributed by atoms with E-state index < -0.39 is 50.3 Å². The summed E-state index contributed by atoms with van der Waals surface area (Å²) in [6.45, 7) is 2.65. The molecule has 1 amide bonds. The molecule has 0 saturated carbocycles. The van der Waals surface area contributed by atoms with Crippen molar-refractivity contribution in [2.45, 2.75) is 73.8 Å². The molecule has 5 rings (SSSR count). The molecular formula is C29H29F7N4O4S. The second-order valence-electron chi connectivity index (χ2n) is 11.3. The van der Waals surface area contributed by atoms with E-state index in [4.69, 9.17) is 0 Å². The molecule has 1 atom stereocenters. The van der Waals surface area contributed by atoms with Crippen molar-refractivity contribution in [3.05, 3.63) is 77.1 Å². The molecule has 0 unspecified atom stereocenters. The summed E-state index contributed by atoms with van der Waals surface area (Å²) in [5.74, 6) is -0.991. The van der Waals surface area contributed by atoms with Crippen LogP contribution in [0.15, 0.2) is 53.7 Å². The van der Waals surface area contributed by atoms with Gasteiger partial charge in [-0.15, -0.1) is 0 Å². The number of aliphatic hydroxyl groups is 1. The standard InChI is InChI=1S/C29H29F7N4O4S/c1-17-26(38-16-37-17)18-10-12-39(13-11-18)25(41)15-22-6-2-19-14-20(27(42,28(31,32)33)29(34,35)36)3-9-24(19)40(22)45(43,44)23-7-4-21(30)5-8-23/h3-5,7-9,14,16,18,22,42H,2,6,10-13,15H2,1H3,(H,37,38)/t22-/m0/s1. The topological polar surface area (TPSA) is 107 Å². The lowest BCUT2D eigenvalue weighted by atomic mass is 9.87. The van der Waals surface area contributed by atoms with E-state index in [1.807, 2.05) is 6.92 Å². The average molecular weight is 663 g/mol. The maximum Gasteiger partial charge on any atom is 0.430 e. The molecule has 0 aliphatic carbocycles. The number of sulfonamides is 1. The molecule has 2 aliphatic rings. The highest BCUT2D eigenvalue weighted by Gasteiger charge is 2.71. The number of aromatic nitrogens is 2. The number of hydrogen-bond acceptors (Lipinski definition) is 5. The Morgan fingerprint density at radius 2 is 1.62 bits per heavy atom. The van der Waals surface area contributed by atoms with E-state index in [2.05, 4.69) is 9.97 Å². The maximum atomic E-state index is 13.9. The van der Waals surface area contributed by atoms with Crippen LogP contribution >= 0.6 is 0 Å². The zero-order chi connectivity index (χ0) is 32.9. The summed E-state index contributed by atoms with van der Waals surface area (Å²) < 4.78 is 124. The number of aromatic amines is 1. The van der Waals surface area contributed by atoms with Gasteiger partial charge in [0.05, 0.1) is 28.6 Å². The van der Waals surface area contributed by atoms with Crippen LogP contribution < -0.4 is 4.31 Å². The first kappa shape index (κ1) is 32.7. The van der Waals surface area contributed by atoms with Gasteiger partial charge < -0.3 is 15.0 Å². The summed E-state index contributed by atoms with van der Waals surface area (Å²) in [5, 5.41) is 9.92. The molecule has 16 heteroatoms. The number of halogens is 7. The van der Waals surface area contributed by atoms with Gasteiger partial charge in [0, 0.05) is 36.7 Å². The van der Waals surface area contributed by atoms with E-state index in [0.29, 0.717) is 38.1 Å². The Kier molecular flexibility index (Phi) is 8.44. The number of piperidine rings is 1. The Morgan fingerprint density at radius 3 is 2.18 bits per heavy atom. The van der Waals surface area contributed by atoms with E-state index in [9.17, 15) is 49.1 Å². The number of imidazole rings is 1. The lowest BCUT2D eigenvalue weighted by Gasteiger charge is -2.40. The number of anilines is 1. The van der Waals surface area contributed by atoms with Gasteiger partial charge >= 0.3 is 12.4 Å². The Bertz CT molecular complexity index is 1650. The lowest BCUT2D eigenvalue weighted by Crippen LogP contribution is -2.54. The second kappa shape index (κ2) is 11.6. The Hall–Kier alpha value is -3.66. The highest BCUT2D eigenvalue weighted by Crippen LogP contribution is 2.51. The molecule has 1 aromatic heterocycles. The van der Waals surface area contributed by atoms with Gasteiger partial charge in [-0.3, -0.25) is 9.10 Å². The number of likely N-dealkylation sites (tertiary alicyclic amines) is 1. The molecule has 0 spiro atoms. The molecular weight excluding hydrogens is 633 g/mol. The zero-order valence-corrected chi connectivity index (χ0v) is 24.6. The summed E-state index contributed by atoms with van der Waals surface area (Å²) in [6, 6.07) is 4.30. The number of amides is 1. The largest absolute Gasteiger partial charge is 0.430 e. The molecule has 3 heterocycles. The molecule has 244 valence electrons. The summed E-state index contributed by atoms with van der Waals surface area (Å²) >= 11 is 0. The number of H-pyrrole nitrogens is 1. The van der Waals surface area contributed by atoms with Crippen LogP contribution in [0.3, 0.4) is 0 Å². The Balaban J connectivity index is 1.47. The first-order valence-corrected chi connectivity index (χ1v) is 15.5. The minimum Gasteiger partial charge on any atom is -0.369 e. The first-order chi connectivity index (χ1) is 20.9. The molecule has 2 N–H and O–H groups in total. The highest BCUT2D eigenvalue weighted by molar-refractivity contribution is 7.92. The summed E-state index contributed by atoms with van der Waals surface area (Å²) in [6.07, 6.45) is -10.1. The molecule has 3 aromatic rings. The highest BCUT2D eigenvalue weighted by atomic mass is 32.2. The van der Waals surface area contributed by atoms with Crippen molar-refractivity contribution in [1.82, 2.24) is 14.9 Å². The van der Waals surface area contributed by atoms with Crippen molar-refractivity contribution < 1.29 is 49.1 Å². The Morgan fingerprint density at radius 1 is 1.00 bits per heavy atom. The van der Waals surface area contributed by atoms with Crippen molar-refractivity contribution in [2.24, 2.45) is 0 Å². The first-order valence-electron chi connectivity index (χ1n) is 14.0. The van der Waals surface area contributed by atoms with Crippen LogP contribution in [-0.4, -0.2) is 65.8 Å². The van der Waals surface area contributed by atoms with Gasteiger partial charge in [0.1, 0.15) is 5.82 Å². The van der Waals surface area contributed by atoms with Crippen molar-refractivity contribution >= 4 is 21.6 Å². The minimum atomic E-state index is -6.13. The fraction of sp³-hybridized carbons (Fsp3) is 0.448. The Labute approximate surface area is 253 Å². The number of carbonyl (C=O) groups is 1. The normalized spacial score (nSPS) is 18.6. The van der Waals surface area contributed by atoms with Crippen molar-refractivity contribution in [3.63, 3.8) is 0 Å². The molecule has 0 bridgehead atoms. The number of carbonyl (C=O) groups excluding carboxylic acids is 1. The van der Waals surface area contributed by atoms with Gasteiger partial charge in [-0.1, -0.05) is 12.1 Å². The van der Waals surface area contributed by atoms with Gasteiger partial charge in [0.25, 0.3) is 15.6 Å². The SMILES string of the molecule is Cc1[nH]cnc1C1CCN(C(=O)C[C@@H]2CCc3cc(C(O)(C(F)(F)F)C(F)(F)F)ccc3N2S(=O)(=O)c2ccc(F)cc2)CC1. The number of aryl methyl sites for hydroxylation is 2. The third kappa shape index (κ3) is 5.89. The van der Waals surface area contributed by atoms with Crippen molar-refractivity contribution in [2.75, 3.05) is 17.4 Å². The number of rotatable bonds is 6. The monoisotopic (exact) mass is 662 g/mol. The minimum absolute atomic E-state index is 0.123. The third-order valence-electron chi connectivity index (χ3n) is 8.52. The van der Waals surface area contributed by atoms with E-state index in [0.717, 1.165) is 46.0 Å². The summed E-state index contributed by atoms with van der Waals surface area (Å²) in [5.41, 5.74) is -5.34. The van der Waals surface area contributed by atoms with Crippen LogP contribution in [0.25, 0.3) is 0 Å². The van der Waals surface area contributed by atoms with Crippen LogP contribution in [0.5, 0.6) is 0 Å². The second-order valence-corrected chi connectivity index (χ2v) is 13.1. The molecule has 0 radical (unpaired) electrons. The zero-order valence-electron chi connectivity index (χ0n) is 23.8. The van der Waals surface area contributed by atoms with Crippen molar-refractivity contribution in [3.8, 4) is 0 Å². The van der Waals surface area contributed by atoms with Gasteiger partial charge in [0.15, 0.2) is 0 Å². The number of nitrogens with one attached hydrogen (secondary N) is 1. The van der Waals surface area contributed by atoms with Crippen LogP contribution in [-0.2, 0) is 26.8 Å². The number of nitrogens with zero attached hydrogens (tertiary/aromatic N) is 3. The van der Waals surface area contributed by atoms with Crippen LogP contribution in [0, 0.1) is 12.7 Å². The van der Waals surface area contributed by atoms with E-state index in [1.54, 1.807) is 11.2 Å². The molecule has 8 nitrogen and oxygen atoms in total. The number of alkyl halides is 6. The van der Waals surface area contributed by atoms with Gasteiger partial charge in [0.2, 0.25) is 5.91 Å². The number of benzene rings is 2. The maximum absolute atomic E-state index is 13.9. The third-order valence-corrected chi connectivity index (χ3v) is 10.4. The van der Waals surface area contributed by atoms with Crippen LogP contribution in [0.4, 0.5) is 36.4 Å². The fourth-order valence-electron chi connectivity index (χ4n) is 6.09. The molecule has 1 saturated heterocycles. The van der Waals surface area contributed by atoms with E-state index in [-0.39, 0.29) is 42.3 Å². The predicted molar refractivity (Wildman–Crippen MR) is 147 cm³/mol. The van der Waals surface area contributed by atoms with Crippen molar-refractivity contribution in [1.29, 1.82) is 0 Å². The predicted octanol–water partition coefficient (Wildman–Crippen LogP) is 5.48. The van der Waals surface area contributed by atoms with E-state index >= 15 is 0 Å². The van der Waals surface area contributed by atoms with Gasteiger partial charge in [-0.25, -0.2) is 17.8 Å². The quantitative estimate of drug-likeness (QED) is 0.341. The smallest absolute Gasteiger partial charge is 0.369 e. The molecule has 45 heavy (non-hydrogen) atoms. The summed E-state index contributed by atoms with van der Waals surface area (Å²) in [4.78, 5) is 22.0. The number of hydrogen-bond donors (Lipinski definition) is 2. The van der Waals surface area contributed by atoms with Crippen LogP contribution in [0.1, 0.15) is 54.1 Å². The van der Waals surface area contributed by atoms with Crippen LogP contribution in [0.2, 0.25) is 0 Å².